The maximum absolute atomic E-state index is 12.8. The largest absolute Gasteiger partial charge is 0.433 e. The van der Waals surface area contributed by atoms with E-state index in [2.05, 4.69) is 5.32 Å². The normalized spacial score (nSPS) is 30.0. The van der Waals surface area contributed by atoms with E-state index in [0.29, 0.717) is 38.8 Å². The van der Waals surface area contributed by atoms with Gasteiger partial charge in [0.2, 0.25) is 24.0 Å². The quantitative estimate of drug-likeness (QED) is 0.696. The van der Waals surface area contributed by atoms with E-state index in [1.54, 1.807) is 6.92 Å². The van der Waals surface area contributed by atoms with Crippen LogP contribution in [0.2, 0.25) is 0 Å². The molecule has 1 N–H and O–H groups in total. The summed E-state index contributed by atoms with van der Waals surface area (Å²) >= 11 is 0. The van der Waals surface area contributed by atoms with Gasteiger partial charge in [0.1, 0.15) is 12.1 Å². The molecule has 0 aromatic carbocycles. The first-order valence-electron chi connectivity index (χ1n) is 8.75. The van der Waals surface area contributed by atoms with Gasteiger partial charge in [0, 0.05) is 26.0 Å². The topological polar surface area (TPSA) is 105 Å². The second kappa shape index (κ2) is 7.38. The third-order valence-corrected chi connectivity index (χ3v) is 4.65. The molecule has 0 saturated carbocycles. The number of ether oxygens (including phenoxy) is 2. The summed E-state index contributed by atoms with van der Waals surface area (Å²) in [6, 6.07) is -1.34. The van der Waals surface area contributed by atoms with Crippen molar-refractivity contribution in [3.63, 3.8) is 0 Å². The van der Waals surface area contributed by atoms with Gasteiger partial charge < -0.3 is 14.8 Å². The molecule has 0 radical (unpaired) electrons. The molecule has 0 unspecified atom stereocenters. The Hall–Kier alpha value is -2.16. The summed E-state index contributed by atoms with van der Waals surface area (Å²) in [5.41, 5.74) is 0. The van der Waals surface area contributed by atoms with Crippen LogP contribution in [0.15, 0.2) is 0 Å². The Morgan fingerprint density at radius 3 is 2.76 bits per heavy atom. The van der Waals surface area contributed by atoms with Crippen molar-refractivity contribution >= 4 is 23.7 Å². The van der Waals surface area contributed by atoms with E-state index in [1.165, 1.54) is 10.0 Å². The molecule has 3 atom stereocenters. The molecule has 3 saturated heterocycles. The Morgan fingerprint density at radius 1 is 1.24 bits per heavy atom. The van der Waals surface area contributed by atoms with Crippen molar-refractivity contribution in [3.05, 3.63) is 0 Å². The number of carbonyl (C=O) groups excluding carboxylic acids is 4. The molecule has 0 aliphatic carbocycles. The van der Waals surface area contributed by atoms with E-state index in [0.717, 1.165) is 0 Å². The van der Waals surface area contributed by atoms with Gasteiger partial charge in [0.15, 0.2) is 0 Å². The second-order valence-electron chi connectivity index (χ2n) is 6.40. The number of fused-ring (bicyclic) bond motifs is 1. The maximum Gasteiger partial charge on any atom is 0.310 e. The standard InChI is InChI=1S/C16H23N3O6/c1-2-24-16-10(9-14(22)25-16)17-15(23)11-5-4-8-18-12(20)6-3-7-13(21)19(11)18/h10-11,16H,2-9H2,1H3,(H,17,23)/t10-,11-,16+/m0/s1. The van der Waals surface area contributed by atoms with Crippen molar-refractivity contribution in [2.24, 2.45) is 0 Å². The van der Waals surface area contributed by atoms with Gasteiger partial charge in [-0.25, -0.2) is 5.01 Å². The van der Waals surface area contributed by atoms with Crippen molar-refractivity contribution in [1.29, 1.82) is 0 Å². The molecule has 3 fully saturated rings. The van der Waals surface area contributed by atoms with Gasteiger partial charge in [-0.2, -0.15) is 0 Å². The second-order valence-corrected chi connectivity index (χ2v) is 6.40. The van der Waals surface area contributed by atoms with E-state index < -0.39 is 24.3 Å². The van der Waals surface area contributed by atoms with Crippen LogP contribution in [-0.4, -0.2) is 65.2 Å². The van der Waals surface area contributed by atoms with E-state index >= 15 is 0 Å². The zero-order chi connectivity index (χ0) is 18.0. The van der Waals surface area contributed by atoms with Crippen LogP contribution in [0.4, 0.5) is 0 Å². The minimum Gasteiger partial charge on any atom is -0.433 e. The molecule has 0 aromatic heterocycles. The number of rotatable bonds is 4. The fourth-order valence-electron chi connectivity index (χ4n) is 3.51. The third-order valence-electron chi connectivity index (χ3n) is 4.65. The minimum absolute atomic E-state index is 0.0275. The summed E-state index contributed by atoms with van der Waals surface area (Å²) in [5, 5.41) is 5.47. The average Bonchev–Trinajstić information content (AvgIpc) is 2.85. The molecule has 138 valence electrons. The highest BCUT2D eigenvalue weighted by molar-refractivity contribution is 5.91. The molecular formula is C16H23N3O6. The summed E-state index contributed by atoms with van der Waals surface area (Å²) < 4.78 is 10.4. The van der Waals surface area contributed by atoms with Gasteiger partial charge in [-0.1, -0.05) is 0 Å². The lowest BCUT2D eigenvalue weighted by atomic mass is 10.1. The van der Waals surface area contributed by atoms with Crippen LogP contribution in [-0.2, 0) is 28.7 Å². The van der Waals surface area contributed by atoms with E-state index in [9.17, 15) is 19.2 Å². The highest BCUT2D eigenvalue weighted by Crippen LogP contribution is 2.25. The number of hydrogen-bond donors (Lipinski definition) is 1. The van der Waals surface area contributed by atoms with E-state index in [1.807, 2.05) is 0 Å². The molecule has 3 aliphatic heterocycles. The van der Waals surface area contributed by atoms with Crippen LogP contribution in [0, 0.1) is 0 Å². The highest BCUT2D eigenvalue weighted by atomic mass is 16.7. The van der Waals surface area contributed by atoms with Gasteiger partial charge in [-0.05, 0) is 26.2 Å². The molecule has 3 heterocycles. The van der Waals surface area contributed by atoms with Gasteiger partial charge in [-0.15, -0.1) is 0 Å². The molecule has 25 heavy (non-hydrogen) atoms. The number of nitrogens with zero attached hydrogens (tertiary/aromatic N) is 2. The molecule has 3 aliphatic rings. The Kier molecular flexibility index (Phi) is 5.22. The number of esters is 1. The van der Waals surface area contributed by atoms with Gasteiger partial charge in [0.25, 0.3) is 0 Å². The van der Waals surface area contributed by atoms with Crippen molar-refractivity contribution in [3.8, 4) is 0 Å². The molecule has 0 bridgehead atoms. The lowest BCUT2D eigenvalue weighted by molar-refractivity contribution is -0.176. The van der Waals surface area contributed by atoms with Crippen molar-refractivity contribution in [2.75, 3.05) is 13.2 Å². The predicted octanol–water partition coefficient (Wildman–Crippen LogP) is -0.301. The predicted molar refractivity (Wildman–Crippen MR) is 83.5 cm³/mol. The Morgan fingerprint density at radius 2 is 2.00 bits per heavy atom. The number of carbonyl (C=O) groups is 4. The summed E-state index contributed by atoms with van der Waals surface area (Å²) in [6.45, 7) is 2.56. The summed E-state index contributed by atoms with van der Waals surface area (Å²) in [7, 11) is 0. The highest BCUT2D eigenvalue weighted by Gasteiger charge is 2.43. The number of cyclic esters (lactones) is 1. The number of hydrogen-bond acceptors (Lipinski definition) is 6. The average molecular weight is 353 g/mol. The zero-order valence-corrected chi connectivity index (χ0v) is 14.2. The van der Waals surface area contributed by atoms with Gasteiger partial charge in [-0.3, -0.25) is 24.2 Å². The van der Waals surface area contributed by atoms with Crippen LogP contribution in [0.25, 0.3) is 0 Å². The summed E-state index contributed by atoms with van der Waals surface area (Å²) in [5.74, 6) is -1.17. The van der Waals surface area contributed by atoms with Crippen LogP contribution in [0.3, 0.4) is 0 Å². The first kappa shape index (κ1) is 17.7. The van der Waals surface area contributed by atoms with Gasteiger partial charge >= 0.3 is 5.97 Å². The number of amides is 3. The molecule has 0 spiro atoms. The molecule has 0 aromatic rings. The lowest BCUT2D eigenvalue weighted by Crippen LogP contribution is -2.62. The van der Waals surface area contributed by atoms with Crippen LogP contribution in [0.5, 0.6) is 0 Å². The first-order valence-corrected chi connectivity index (χ1v) is 8.75. The summed E-state index contributed by atoms with van der Waals surface area (Å²) in [4.78, 5) is 48.9. The van der Waals surface area contributed by atoms with Crippen molar-refractivity contribution < 1.29 is 28.7 Å². The lowest BCUT2D eigenvalue weighted by Gasteiger charge is -2.42. The Bertz CT molecular complexity index is 580. The number of nitrogens with one attached hydrogen (secondary N) is 1. The van der Waals surface area contributed by atoms with Crippen molar-refractivity contribution in [2.45, 2.75) is 63.8 Å². The molecule has 9 heteroatoms. The first-order chi connectivity index (χ1) is 12.0. The zero-order valence-electron chi connectivity index (χ0n) is 14.2. The molecule has 3 rings (SSSR count). The Labute approximate surface area is 145 Å². The van der Waals surface area contributed by atoms with Crippen LogP contribution < -0.4 is 5.32 Å². The van der Waals surface area contributed by atoms with E-state index in [4.69, 9.17) is 9.47 Å². The van der Waals surface area contributed by atoms with Gasteiger partial charge in [0.05, 0.1) is 6.42 Å². The molecule has 3 amide bonds. The monoisotopic (exact) mass is 353 g/mol. The van der Waals surface area contributed by atoms with E-state index in [-0.39, 0.29) is 30.6 Å². The van der Waals surface area contributed by atoms with Crippen molar-refractivity contribution in [1.82, 2.24) is 15.3 Å². The number of hydrazine groups is 1. The minimum atomic E-state index is -0.817. The maximum atomic E-state index is 12.8. The smallest absolute Gasteiger partial charge is 0.310 e. The van der Waals surface area contributed by atoms with Crippen LogP contribution >= 0.6 is 0 Å². The summed E-state index contributed by atoms with van der Waals surface area (Å²) in [6.07, 6.45) is 1.38. The SMILES string of the molecule is CCO[C@@H]1OC(=O)C[C@@H]1NC(=O)[C@@H]1CCCN2C(=O)CCCC(=O)N12. The molecule has 9 nitrogen and oxygen atoms in total. The fraction of sp³-hybridized carbons (Fsp3) is 0.750. The Balaban J connectivity index is 1.73. The third kappa shape index (κ3) is 3.60. The van der Waals surface area contributed by atoms with Crippen LogP contribution in [0.1, 0.15) is 45.4 Å². The fourth-order valence-corrected chi connectivity index (χ4v) is 3.51. The molecular weight excluding hydrogens is 330 g/mol.